The smallest absolute Gasteiger partial charge is 0.242 e. The number of benzene rings is 1. The normalized spacial score (nSPS) is 32.0. The molecule has 4 fully saturated rings. The third kappa shape index (κ3) is 3.91. The number of nitrogens with one attached hydrogen (secondary N) is 1. The van der Waals surface area contributed by atoms with Crippen LogP contribution < -0.4 is 5.32 Å². The summed E-state index contributed by atoms with van der Waals surface area (Å²) < 4.78 is 26.0. The number of sulfonamides is 1. The molecule has 4 bridgehead atoms. The van der Waals surface area contributed by atoms with Gasteiger partial charge in [0.05, 0.1) is 10.6 Å². The molecule has 4 aliphatic carbocycles. The highest BCUT2D eigenvalue weighted by molar-refractivity contribution is 8.01. The molecule has 7 heteroatoms. The molecule has 1 aromatic carbocycles. The zero-order chi connectivity index (χ0) is 19.2. The fraction of sp³-hybridized carbons (Fsp3) is 0.650. The molecule has 0 saturated heterocycles. The van der Waals surface area contributed by atoms with Gasteiger partial charge in [-0.05, 0) is 74.5 Å². The zero-order valence-electron chi connectivity index (χ0n) is 16.0. The van der Waals surface area contributed by atoms with Crippen LogP contribution in [0, 0.1) is 17.8 Å². The van der Waals surface area contributed by atoms with Crippen molar-refractivity contribution in [2.75, 3.05) is 25.2 Å². The van der Waals surface area contributed by atoms with Crippen molar-refractivity contribution in [1.82, 2.24) is 4.31 Å². The molecule has 0 unspecified atom stereocenters. The highest BCUT2D eigenvalue weighted by Gasteiger charge is 2.51. The fourth-order valence-corrected chi connectivity index (χ4v) is 8.09. The number of thioether (sulfide) groups is 1. The van der Waals surface area contributed by atoms with Gasteiger partial charge in [-0.3, -0.25) is 4.79 Å². The lowest BCUT2D eigenvalue weighted by atomic mass is 9.56. The third-order valence-electron chi connectivity index (χ3n) is 6.39. The monoisotopic (exact) mass is 408 g/mol. The molecule has 0 atom stereocenters. The van der Waals surface area contributed by atoms with E-state index in [1.54, 1.807) is 18.2 Å². The molecule has 1 N–H and O–H groups in total. The standard InChI is InChI=1S/C20H28N2O3S2/c1-22(2)27(24,25)18-5-3-4-17(9-18)21-19(23)13-26-20-10-14-6-15(11-20)8-16(7-14)12-20/h3-5,9,14-16H,6-8,10-13H2,1-2H3,(H,21,23). The van der Waals surface area contributed by atoms with Gasteiger partial charge in [-0.15, -0.1) is 11.8 Å². The van der Waals surface area contributed by atoms with Crippen LogP contribution in [0.5, 0.6) is 0 Å². The van der Waals surface area contributed by atoms with Crippen LogP contribution in [-0.2, 0) is 14.8 Å². The van der Waals surface area contributed by atoms with E-state index in [9.17, 15) is 13.2 Å². The SMILES string of the molecule is CN(C)S(=O)(=O)c1cccc(NC(=O)CSC23CC4CC(CC(C4)C2)C3)c1. The van der Waals surface area contributed by atoms with Crippen LogP contribution in [0.3, 0.4) is 0 Å². The van der Waals surface area contributed by atoms with Gasteiger partial charge >= 0.3 is 0 Å². The van der Waals surface area contributed by atoms with Crippen molar-refractivity contribution in [2.45, 2.75) is 48.2 Å². The van der Waals surface area contributed by atoms with Crippen molar-refractivity contribution in [1.29, 1.82) is 0 Å². The summed E-state index contributed by atoms with van der Waals surface area (Å²) in [5.74, 6) is 3.02. The van der Waals surface area contributed by atoms with Crippen LogP contribution in [0.1, 0.15) is 38.5 Å². The second kappa shape index (κ2) is 7.08. The Morgan fingerprint density at radius 2 is 1.74 bits per heavy atom. The van der Waals surface area contributed by atoms with Gasteiger partial charge < -0.3 is 5.32 Å². The number of hydrogen-bond acceptors (Lipinski definition) is 4. The number of amides is 1. The summed E-state index contributed by atoms with van der Waals surface area (Å²) in [4.78, 5) is 12.7. The van der Waals surface area contributed by atoms with Gasteiger partial charge in [-0.1, -0.05) is 6.07 Å². The van der Waals surface area contributed by atoms with Crippen molar-refractivity contribution in [3.63, 3.8) is 0 Å². The minimum atomic E-state index is -3.50. The molecular weight excluding hydrogens is 380 g/mol. The summed E-state index contributed by atoms with van der Waals surface area (Å²) in [5.41, 5.74) is 0.536. The summed E-state index contributed by atoms with van der Waals surface area (Å²) in [6.45, 7) is 0. The van der Waals surface area contributed by atoms with Crippen molar-refractivity contribution in [2.24, 2.45) is 17.8 Å². The van der Waals surface area contributed by atoms with Gasteiger partial charge in [-0.25, -0.2) is 12.7 Å². The summed E-state index contributed by atoms with van der Waals surface area (Å²) in [5, 5.41) is 2.88. The van der Waals surface area contributed by atoms with Crippen LogP contribution >= 0.6 is 11.8 Å². The Morgan fingerprint density at radius 1 is 1.15 bits per heavy atom. The first-order valence-electron chi connectivity index (χ1n) is 9.72. The number of carbonyl (C=O) groups excluding carboxylic acids is 1. The van der Waals surface area contributed by atoms with Gasteiger partial charge in [-0.2, -0.15) is 0 Å². The number of nitrogens with zero attached hydrogens (tertiary/aromatic N) is 1. The lowest BCUT2D eigenvalue weighted by Crippen LogP contribution is -2.49. The average molecular weight is 409 g/mol. The van der Waals surface area contributed by atoms with Crippen LogP contribution in [-0.4, -0.2) is 43.2 Å². The van der Waals surface area contributed by atoms with Crippen molar-refractivity contribution in [3.8, 4) is 0 Å². The van der Waals surface area contributed by atoms with Gasteiger partial charge in [0.2, 0.25) is 15.9 Å². The highest BCUT2D eigenvalue weighted by atomic mass is 32.2. The lowest BCUT2D eigenvalue weighted by Gasteiger charge is -2.56. The quantitative estimate of drug-likeness (QED) is 0.781. The predicted octanol–water partition coefficient (Wildman–Crippen LogP) is 3.58. The molecule has 1 amide bonds. The maximum atomic E-state index is 12.5. The molecule has 0 heterocycles. The molecule has 4 saturated carbocycles. The maximum absolute atomic E-state index is 12.5. The molecule has 27 heavy (non-hydrogen) atoms. The molecule has 5 rings (SSSR count). The van der Waals surface area contributed by atoms with E-state index < -0.39 is 10.0 Å². The van der Waals surface area contributed by atoms with E-state index in [-0.39, 0.29) is 10.8 Å². The van der Waals surface area contributed by atoms with Gasteiger partial charge in [0.25, 0.3) is 0 Å². The van der Waals surface area contributed by atoms with Crippen LogP contribution in [0.4, 0.5) is 5.69 Å². The summed E-state index contributed by atoms with van der Waals surface area (Å²) in [6.07, 6.45) is 8.02. The zero-order valence-corrected chi connectivity index (χ0v) is 17.6. The van der Waals surface area contributed by atoms with Crippen LogP contribution in [0.15, 0.2) is 29.2 Å². The first kappa shape index (κ1) is 19.3. The molecule has 0 spiro atoms. The molecule has 0 radical (unpaired) electrons. The minimum Gasteiger partial charge on any atom is -0.325 e. The number of anilines is 1. The Labute approximate surface area is 166 Å². The summed E-state index contributed by atoms with van der Waals surface area (Å²) in [7, 11) is -0.496. The molecular formula is C20H28N2O3S2. The molecule has 5 nitrogen and oxygen atoms in total. The number of rotatable bonds is 6. The summed E-state index contributed by atoms with van der Waals surface area (Å²) in [6, 6.07) is 6.48. The largest absolute Gasteiger partial charge is 0.325 e. The second-order valence-corrected chi connectivity index (χ2v) is 12.3. The van der Waals surface area contributed by atoms with E-state index in [0.29, 0.717) is 16.2 Å². The second-order valence-electron chi connectivity index (χ2n) is 8.75. The Morgan fingerprint density at radius 3 is 2.30 bits per heavy atom. The van der Waals surface area contributed by atoms with Crippen LogP contribution in [0.25, 0.3) is 0 Å². The molecule has 148 valence electrons. The van der Waals surface area contributed by atoms with Crippen molar-refractivity contribution in [3.05, 3.63) is 24.3 Å². The van der Waals surface area contributed by atoms with Crippen LogP contribution in [0.2, 0.25) is 0 Å². The topological polar surface area (TPSA) is 66.5 Å². The molecule has 4 aliphatic rings. The van der Waals surface area contributed by atoms with Gasteiger partial charge in [0.1, 0.15) is 0 Å². The average Bonchev–Trinajstić information content (AvgIpc) is 2.59. The minimum absolute atomic E-state index is 0.0462. The Hall–Kier alpha value is -1.05. The predicted molar refractivity (Wildman–Crippen MR) is 109 cm³/mol. The molecule has 1 aromatic rings. The van der Waals surface area contributed by atoms with Gasteiger partial charge in [0.15, 0.2) is 0 Å². The fourth-order valence-electron chi connectivity index (χ4n) is 5.57. The number of carbonyl (C=O) groups is 1. The molecule has 0 aromatic heterocycles. The van der Waals surface area contributed by atoms with E-state index in [0.717, 1.165) is 17.8 Å². The van der Waals surface area contributed by atoms with E-state index in [4.69, 9.17) is 0 Å². The summed E-state index contributed by atoms with van der Waals surface area (Å²) >= 11 is 1.84. The van der Waals surface area contributed by atoms with Crippen molar-refractivity contribution >= 4 is 33.4 Å². The Bertz CT molecular complexity index is 800. The first-order chi connectivity index (χ1) is 12.8. The van der Waals surface area contributed by atoms with E-state index in [2.05, 4.69) is 5.32 Å². The Balaban J connectivity index is 1.38. The van der Waals surface area contributed by atoms with E-state index >= 15 is 0 Å². The Kier molecular flexibility index (Phi) is 5.06. The first-order valence-corrected chi connectivity index (χ1v) is 12.1. The van der Waals surface area contributed by atoms with E-state index in [1.165, 1.54) is 63.0 Å². The van der Waals surface area contributed by atoms with E-state index in [1.807, 2.05) is 11.8 Å². The lowest BCUT2D eigenvalue weighted by molar-refractivity contribution is -0.113. The number of hydrogen-bond donors (Lipinski definition) is 1. The highest BCUT2D eigenvalue weighted by Crippen LogP contribution is 2.60. The van der Waals surface area contributed by atoms with Crippen molar-refractivity contribution < 1.29 is 13.2 Å². The molecule has 0 aliphatic heterocycles. The third-order valence-corrected chi connectivity index (χ3v) is 9.72. The maximum Gasteiger partial charge on any atom is 0.242 e. The van der Waals surface area contributed by atoms with Gasteiger partial charge in [0, 0.05) is 24.5 Å².